The quantitative estimate of drug-likeness (QED) is 0.805. The lowest BCUT2D eigenvalue weighted by molar-refractivity contribution is 0.835. The molecule has 96 valence electrons. The molecule has 1 N–H and O–H groups in total. The Balaban J connectivity index is 1.91. The lowest BCUT2D eigenvalue weighted by atomic mass is 9.90. The minimum atomic E-state index is 1.02. The van der Waals surface area contributed by atoms with Crippen LogP contribution in [0.1, 0.15) is 24.0 Å². The predicted molar refractivity (Wildman–Crippen MR) is 83.7 cm³/mol. The molecule has 2 nitrogen and oxygen atoms in total. The van der Waals surface area contributed by atoms with Crippen molar-refractivity contribution in [1.29, 1.82) is 0 Å². The Morgan fingerprint density at radius 3 is 2.63 bits per heavy atom. The van der Waals surface area contributed by atoms with Crippen molar-refractivity contribution in [1.82, 2.24) is 0 Å². The van der Waals surface area contributed by atoms with Gasteiger partial charge in [-0.05, 0) is 43.0 Å². The minimum absolute atomic E-state index is 1.02. The summed E-state index contributed by atoms with van der Waals surface area (Å²) in [6.45, 7) is 0. The summed E-state index contributed by atoms with van der Waals surface area (Å²) >= 11 is 3.64. The summed E-state index contributed by atoms with van der Waals surface area (Å²) in [7, 11) is 0. The Kier molecular flexibility index (Phi) is 3.65. The molecule has 2 aromatic carbocycles. The summed E-state index contributed by atoms with van der Waals surface area (Å²) in [5.74, 6) is 0. The molecule has 2 aromatic rings. The van der Waals surface area contributed by atoms with E-state index in [9.17, 15) is 0 Å². The first-order valence-electron chi connectivity index (χ1n) is 6.50. The van der Waals surface area contributed by atoms with Gasteiger partial charge in [0.2, 0.25) is 0 Å². The number of nitrogens with one attached hydrogen (secondary N) is 1. The van der Waals surface area contributed by atoms with Crippen molar-refractivity contribution in [3.05, 3.63) is 64.1 Å². The van der Waals surface area contributed by atoms with E-state index >= 15 is 0 Å². The van der Waals surface area contributed by atoms with Crippen LogP contribution in [0.5, 0.6) is 0 Å². The van der Waals surface area contributed by atoms with Crippen molar-refractivity contribution in [2.75, 3.05) is 5.43 Å². The van der Waals surface area contributed by atoms with Crippen LogP contribution in [0.25, 0.3) is 0 Å². The van der Waals surface area contributed by atoms with Gasteiger partial charge in [0, 0.05) is 10.0 Å². The van der Waals surface area contributed by atoms with Gasteiger partial charge >= 0.3 is 0 Å². The molecule has 0 saturated carbocycles. The van der Waals surface area contributed by atoms with Crippen molar-refractivity contribution in [3.63, 3.8) is 0 Å². The van der Waals surface area contributed by atoms with Gasteiger partial charge in [0.25, 0.3) is 0 Å². The van der Waals surface area contributed by atoms with E-state index in [1.165, 1.54) is 17.5 Å². The Morgan fingerprint density at radius 2 is 1.79 bits per heavy atom. The lowest BCUT2D eigenvalue weighted by Crippen LogP contribution is -2.14. The van der Waals surface area contributed by atoms with E-state index in [-0.39, 0.29) is 0 Å². The molecule has 0 aromatic heterocycles. The van der Waals surface area contributed by atoms with E-state index in [2.05, 4.69) is 44.7 Å². The molecule has 19 heavy (non-hydrogen) atoms. The van der Waals surface area contributed by atoms with E-state index in [1.807, 2.05) is 30.3 Å². The highest BCUT2D eigenvalue weighted by atomic mass is 79.9. The second kappa shape index (κ2) is 5.57. The van der Waals surface area contributed by atoms with Crippen LogP contribution in [0.2, 0.25) is 0 Å². The predicted octanol–water partition coefficient (Wildman–Crippen LogP) is 4.60. The molecule has 0 unspecified atom stereocenters. The highest BCUT2D eigenvalue weighted by Crippen LogP contribution is 2.28. The van der Waals surface area contributed by atoms with Crippen LogP contribution in [0.4, 0.5) is 5.69 Å². The third-order valence-corrected chi connectivity index (χ3v) is 4.00. The average molecular weight is 315 g/mol. The fourth-order valence-corrected chi connectivity index (χ4v) is 3.06. The van der Waals surface area contributed by atoms with Crippen LogP contribution in [0.15, 0.2) is 58.1 Å². The number of rotatable bonds is 2. The Morgan fingerprint density at radius 1 is 0.947 bits per heavy atom. The molecule has 0 heterocycles. The number of halogens is 1. The number of benzene rings is 2. The molecule has 0 aliphatic heterocycles. The van der Waals surface area contributed by atoms with Crippen LogP contribution in [-0.4, -0.2) is 5.71 Å². The van der Waals surface area contributed by atoms with Crippen molar-refractivity contribution in [2.45, 2.75) is 19.3 Å². The lowest BCUT2D eigenvalue weighted by Gasteiger charge is -2.19. The molecular formula is C16H15BrN2. The molecule has 0 bridgehead atoms. The Hall–Kier alpha value is -1.61. The van der Waals surface area contributed by atoms with Crippen LogP contribution in [0, 0.1) is 0 Å². The number of anilines is 1. The summed E-state index contributed by atoms with van der Waals surface area (Å²) in [4.78, 5) is 0. The minimum Gasteiger partial charge on any atom is -0.278 e. The SMILES string of the molecule is Brc1cccc2c1C(=NNc1ccccc1)CCC2. The molecule has 0 atom stereocenters. The number of nitrogens with zero attached hydrogens (tertiary/aromatic N) is 1. The number of hydrogen-bond donors (Lipinski definition) is 1. The van der Waals surface area contributed by atoms with Gasteiger partial charge in [0.1, 0.15) is 0 Å². The Bertz CT molecular complexity index is 605. The Labute approximate surface area is 121 Å². The molecular weight excluding hydrogens is 300 g/mol. The van der Waals surface area contributed by atoms with E-state index in [4.69, 9.17) is 0 Å². The van der Waals surface area contributed by atoms with Crippen LogP contribution in [-0.2, 0) is 6.42 Å². The maximum atomic E-state index is 4.59. The van der Waals surface area contributed by atoms with Crippen molar-refractivity contribution in [2.24, 2.45) is 5.10 Å². The molecule has 3 heteroatoms. The zero-order valence-electron chi connectivity index (χ0n) is 10.6. The molecule has 0 amide bonds. The summed E-state index contributed by atoms with van der Waals surface area (Å²) in [6.07, 6.45) is 3.33. The van der Waals surface area contributed by atoms with Crippen molar-refractivity contribution >= 4 is 27.3 Å². The largest absolute Gasteiger partial charge is 0.278 e. The number of aryl methyl sites for hydroxylation is 1. The maximum absolute atomic E-state index is 4.59. The fraction of sp³-hybridized carbons (Fsp3) is 0.188. The first-order chi connectivity index (χ1) is 9.34. The number of para-hydroxylation sites is 1. The normalized spacial score (nSPS) is 16.2. The molecule has 0 spiro atoms. The third-order valence-electron chi connectivity index (χ3n) is 3.34. The van der Waals surface area contributed by atoms with Gasteiger partial charge in [-0.3, -0.25) is 5.43 Å². The standard InChI is InChI=1S/C16H15BrN2/c17-14-10-4-6-12-7-5-11-15(16(12)14)19-18-13-8-2-1-3-9-13/h1-4,6,8-10,18H,5,7,11H2. The van der Waals surface area contributed by atoms with Crippen molar-refractivity contribution in [3.8, 4) is 0 Å². The van der Waals surface area contributed by atoms with Gasteiger partial charge in [-0.15, -0.1) is 0 Å². The van der Waals surface area contributed by atoms with Crippen LogP contribution < -0.4 is 5.43 Å². The zero-order valence-corrected chi connectivity index (χ0v) is 12.2. The highest BCUT2D eigenvalue weighted by Gasteiger charge is 2.17. The van der Waals surface area contributed by atoms with Gasteiger partial charge in [-0.1, -0.05) is 46.3 Å². The highest BCUT2D eigenvalue weighted by molar-refractivity contribution is 9.10. The number of hydrogen-bond acceptors (Lipinski definition) is 2. The monoisotopic (exact) mass is 314 g/mol. The molecule has 3 rings (SSSR count). The topological polar surface area (TPSA) is 24.4 Å². The number of hydrazone groups is 1. The van der Waals surface area contributed by atoms with Gasteiger partial charge in [-0.2, -0.15) is 5.10 Å². The molecule has 0 radical (unpaired) electrons. The average Bonchev–Trinajstić information content (AvgIpc) is 2.46. The third kappa shape index (κ3) is 2.71. The first kappa shape index (κ1) is 12.4. The van der Waals surface area contributed by atoms with Gasteiger partial charge < -0.3 is 0 Å². The fourth-order valence-electron chi connectivity index (χ4n) is 2.43. The summed E-state index contributed by atoms with van der Waals surface area (Å²) in [5, 5.41) is 4.59. The first-order valence-corrected chi connectivity index (χ1v) is 7.29. The second-order valence-electron chi connectivity index (χ2n) is 4.66. The zero-order chi connectivity index (χ0) is 13.1. The van der Waals surface area contributed by atoms with Gasteiger partial charge in [-0.25, -0.2) is 0 Å². The van der Waals surface area contributed by atoms with E-state index in [0.717, 1.165) is 28.7 Å². The van der Waals surface area contributed by atoms with Gasteiger partial charge in [0.05, 0.1) is 11.4 Å². The maximum Gasteiger partial charge on any atom is 0.0693 e. The summed E-state index contributed by atoms with van der Waals surface area (Å²) in [6, 6.07) is 16.4. The second-order valence-corrected chi connectivity index (χ2v) is 5.52. The van der Waals surface area contributed by atoms with Gasteiger partial charge in [0.15, 0.2) is 0 Å². The molecule has 1 aliphatic carbocycles. The molecule has 1 aliphatic rings. The van der Waals surface area contributed by atoms with Crippen LogP contribution >= 0.6 is 15.9 Å². The van der Waals surface area contributed by atoms with Crippen LogP contribution in [0.3, 0.4) is 0 Å². The molecule has 0 saturated heterocycles. The van der Waals surface area contributed by atoms with E-state index < -0.39 is 0 Å². The summed E-state index contributed by atoms with van der Waals surface area (Å²) < 4.78 is 1.14. The van der Waals surface area contributed by atoms with Crippen molar-refractivity contribution < 1.29 is 0 Å². The van der Waals surface area contributed by atoms with E-state index in [0.29, 0.717) is 0 Å². The smallest absolute Gasteiger partial charge is 0.0693 e. The molecule has 0 fully saturated rings. The number of fused-ring (bicyclic) bond motifs is 1. The summed E-state index contributed by atoms with van der Waals surface area (Å²) in [5.41, 5.74) is 7.95. The van der Waals surface area contributed by atoms with E-state index in [1.54, 1.807) is 0 Å².